The van der Waals surface area contributed by atoms with Gasteiger partial charge in [0, 0.05) is 16.6 Å². The topological polar surface area (TPSA) is 63.2 Å². The van der Waals surface area contributed by atoms with E-state index in [1.807, 2.05) is 6.07 Å². The van der Waals surface area contributed by atoms with Crippen LogP contribution in [0.4, 0.5) is 0 Å². The van der Waals surface area contributed by atoms with Crippen LogP contribution < -0.4 is 5.32 Å². The van der Waals surface area contributed by atoms with Crippen LogP contribution >= 0.6 is 15.9 Å². The van der Waals surface area contributed by atoms with E-state index in [-0.39, 0.29) is 18.2 Å². The van der Waals surface area contributed by atoms with Gasteiger partial charge >= 0.3 is 0 Å². The summed E-state index contributed by atoms with van der Waals surface area (Å²) in [5, 5.41) is 2.26. The highest BCUT2D eigenvalue weighted by Gasteiger charge is 2.31. The Balaban J connectivity index is 1.97. The van der Waals surface area contributed by atoms with E-state index in [1.165, 1.54) is 0 Å². The fraction of sp³-hybridized carbons (Fsp3) is 0.417. The maximum atomic E-state index is 11.8. The first-order valence-corrected chi connectivity index (χ1v) is 8.25. The van der Waals surface area contributed by atoms with E-state index in [0.29, 0.717) is 18.4 Å². The van der Waals surface area contributed by atoms with Crippen LogP contribution in [0.2, 0.25) is 0 Å². The molecule has 18 heavy (non-hydrogen) atoms. The Hall–Kier alpha value is -0.880. The smallest absolute Gasteiger partial charge is 0.251 e. The van der Waals surface area contributed by atoms with Crippen molar-refractivity contribution in [2.45, 2.75) is 18.1 Å². The van der Waals surface area contributed by atoms with Crippen molar-refractivity contribution in [3.8, 4) is 0 Å². The molecule has 1 saturated heterocycles. The summed E-state index contributed by atoms with van der Waals surface area (Å²) in [5.74, 6) is 0.00291. The van der Waals surface area contributed by atoms with Gasteiger partial charge in [-0.2, -0.15) is 0 Å². The predicted molar refractivity (Wildman–Crippen MR) is 73.3 cm³/mol. The number of amides is 1. The van der Waals surface area contributed by atoms with Gasteiger partial charge in [0.15, 0.2) is 9.84 Å². The van der Waals surface area contributed by atoms with Gasteiger partial charge in [-0.3, -0.25) is 4.79 Å². The van der Waals surface area contributed by atoms with E-state index in [1.54, 1.807) is 18.2 Å². The van der Waals surface area contributed by atoms with Crippen LogP contribution in [-0.2, 0) is 9.84 Å². The van der Waals surface area contributed by atoms with E-state index in [9.17, 15) is 13.2 Å². The molecule has 1 fully saturated rings. The molecule has 1 amide bonds. The Morgan fingerprint density at radius 1 is 1.44 bits per heavy atom. The van der Waals surface area contributed by atoms with Crippen LogP contribution in [0.15, 0.2) is 28.7 Å². The molecule has 2 rings (SSSR count). The number of nitrogens with one attached hydrogen (secondary N) is 1. The molecule has 1 aliphatic heterocycles. The van der Waals surface area contributed by atoms with Gasteiger partial charge in [-0.25, -0.2) is 8.42 Å². The lowest BCUT2D eigenvalue weighted by molar-refractivity contribution is 0.0953. The molecule has 6 heteroatoms. The summed E-state index contributed by atoms with van der Waals surface area (Å²) in [7, 11) is -3.00. The summed E-state index contributed by atoms with van der Waals surface area (Å²) in [6.07, 6.45) is 1.33. The van der Waals surface area contributed by atoms with Crippen LogP contribution in [0.25, 0.3) is 0 Å². The first kappa shape index (κ1) is 13.5. The van der Waals surface area contributed by atoms with Crippen molar-refractivity contribution in [1.29, 1.82) is 0 Å². The highest BCUT2D eigenvalue weighted by atomic mass is 79.9. The zero-order chi connectivity index (χ0) is 13.2. The van der Waals surface area contributed by atoms with Gasteiger partial charge in [0.2, 0.25) is 0 Å². The van der Waals surface area contributed by atoms with Crippen LogP contribution in [0.5, 0.6) is 0 Å². The Morgan fingerprint density at radius 2 is 2.22 bits per heavy atom. The van der Waals surface area contributed by atoms with Gasteiger partial charge in [-0.15, -0.1) is 0 Å². The van der Waals surface area contributed by atoms with Crippen molar-refractivity contribution in [3.63, 3.8) is 0 Å². The molecule has 1 aliphatic rings. The number of sulfone groups is 1. The largest absolute Gasteiger partial charge is 0.351 e. The molecule has 0 spiro atoms. The maximum Gasteiger partial charge on any atom is 0.251 e. The third kappa shape index (κ3) is 3.11. The molecular formula is C12H14BrNO3S. The second-order valence-corrected chi connectivity index (χ2v) is 7.67. The monoisotopic (exact) mass is 331 g/mol. The fourth-order valence-corrected chi connectivity index (χ4v) is 4.19. The molecule has 4 nitrogen and oxygen atoms in total. The molecule has 1 unspecified atom stereocenters. The number of hydrogen-bond donors (Lipinski definition) is 1. The summed E-state index contributed by atoms with van der Waals surface area (Å²) >= 11 is 3.29. The van der Waals surface area contributed by atoms with Crippen molar-refractivity contribution in [2.24, 2.45) is 0 Å². The quantitative estimate of drug-likeness (QED) is 0.917. The molecule has 1 aromatic carbocycles. The van der Waals surface area contributed by atoms with Crippen molar-refractivity contribution < 1.29 is 13.2 Å². The van der Waals surface area contributed by atoms with Crippen LogP contribution in [0.3, 0.4) is 0 Å². The van der Waals surface area contributed by atoms with Crippen molar-refractivity contribution in [2.75, 3.05) is 12.3 Å². The number of carbonyl (C=O) groups excluding carboxylic acids is 1. The second-order valence-electron chi connectivity index (χ2n) is 4.35. The number of hydrogen-bond acceptors (Lipinski definition) is 3. The highest BCUT2D eigenvalue weighted by molar-refractivity contribution is 9.10. The average molecular weight is 332 g/mol. The molecule has 1 atom stereocenters. The predicted octanol–water partition coefficient (Wildman–Crippen LogP) is 1.76. The number of carbonyl (C=O) groups is 1. The minimum Gasteiger partial charge on any atom is -0.351 e. The Kier molecular flexibility index (Phi) is 4.07. The lowest BCUT2D eigenvalue weighted by atomic mass is 10.2. The molecular weight excluding hydrogens is 318 g/mol. The SMILES string of the molecule is O=C(NCC1CCCS1(=O)=O)c1cccc(Br)c1. The van der Waals surface area contributed by atoms with Crippen molar-refractivity contribution >= 4 is 31.7 Å². The Bertz CT molecular complexity index is 556. The van der Waals surface area contributed by atoms with E-state index >= 15 is 0 Å². The molecule has 0 aliphatic carbocycles. The average Bonchev–Trinajstić information content (AvgIpc) is 2.65. The van der Waals surface area contributed by atoms with Crippen LogP contribution in [0, 0.1) is 0 Å². The van der Waals surface area contributed by atoms with Crippen molar-refractivity contribution in [3.05, 3.63) is 34.3 Å². The molecule has 0 aromatic heterocycles. The lowest BCUT2D eigenvalue weighted by Gasteiger charge is -2.10. The molecule has 0 saturated carbocycles. The van der Waals surface area contributed by atoms with Gasteiger partial charge in [0.25, 0.3) is 5.91 Å². The van der Waals surface area contributed by atoms with E-state index in [2.05, 4.69) is 21.2 Å². The first-order valence-electron chi connectivity index (χ1n) is 5.74. The maximum absolute atomic E-state index is 11.8. The van der Waals surface area contributed by atoms with E-state index in [0.717, 1.165) is 4.47 Å². The molecule has 1 aromatic rings. The summed E-state index contributed by atoms with van der Waals surface area (Å²) in [6, 6.07) is 7.01. The van der Waals surface area contributed by atoms with Crippen molar-refractivity contribution in [1.82, 2.24) is 5.32 Å². The number of halogens is 1. The lowest BCUT2D eigenvalue weighted by Crippen LogP contribution is -2.34. The normalized spacial score (nSPS) is 21.7. The van der Waals surface area contributed by atoms with Gasteiger partial charge in [0.1, 0.15) is 0 Å². The third-order valence-corrected chi connectivity index (χ3v) is 5.81. The zero-order valence-electron chi connectivity index (χ0n) is 9.73. The summed E-state index contributed by atoms with van der Waals surface area (Å²) in [5.41, 5.74) is 0.528. The Morgan fingerprint density at radius 3 is 2.83 bits per heavy atom. The fourth-order valence-electron chi connectivity index (χ4n) is 2.03. The highest BCUT2D eigenvalue weighted by Crippen LogP contribution is 2.19. The van der Waals surface area contributed by atoms with E-state index < -0.39 is 15.1 Å². The summed E-state index contributed by atoms with van der Waals surface area (Å²) in [4.78, 5) is 11.8. The summed E-state index contributed by atoms with van der Waals surface area (Å²) in [6.45, 7) is 0.202. The van der Waals surface area contributed by atoms with Gasteiger partial charge in [-0.1, -0.05) is 22.0 Å². The second kappa shape index (κ2) is 5.40. The van der Waals surface area contributed by atoms with Crippen LogP contribution in [-0.4, -0.2) is 31.9 Å². The third-order valence-electron chi connectivity index (χ3n) is 3.04. The van der Waals surface area contributed by atoms with Gasteiger partial charge in [-0.05, 0) is 31.0 Å². The minimum atomic E-state index is -3.00. The first-order chi connectivity index (χ1) is 8.49. The number of rotatable bonds is 3. The number of benzene rings is 1. The minimum absolute atomic E-state index is 0.202. The molecule has 0 radical (unpaired) electrons. The summed E-state index contributed by atoms with van der Waals surface area (Å²) < 4.78 is 24.0. The van der Waals surface area contributed by atoms with E-state index in [4.69, 9.17) is 0 Å². The molecule has 98 valence electrons. The molecule has 1 N–H and O–H groups in total. The van der Waals surface area contributed by atoms with Crippen LogP contribution in [0.1, 0.15) is 23.2 Å². The molecule has 0 bridgehead atoms. The Labute approximate surface area is 115 Å². The molecule has 1 heterocycles. The van der Waals surface area contributed by atoms with Gasteiger partial charge < -0.3 is 5.32 Å². The standard InChI is InChI=1S/C12H14BrNO3S/c13-10-4-1-3-9(7-10)12(15)14-8-11-5-2-6-18(11,16)17/h1,3-4,7,11H,2,5-6,8H2,(H,14,15). The zero-order valence-corrected chi connectivity index (χ0v) is 12.1. The van der Waals surface area contributed by atoms with Gasteiger partial charge in [0.05, 0.1) is 11.0 Å².